The second-order valence-corrected chi connectivity index (χ2v) is 8.95. The molecule has 1 aliphatic rings. The van der Waals surface area contributed by atoms with Gasteiger partial charge in [-0.05, 0) is 43.1 Å². The van der Waals surface area contributed by atoms with Gasteiger partial charge in [-0.15, -0.1) is 0 Å². The third-order valence-corrected chi connectivity index (χ3v) is 5.19. The van der Waals surface area contributed by atoms with E-state index in [1.54, 1.807) is 6.07 Å². The standard InChI is InChI=1S/C17H18ClFN4O2S/c1-16(2)8-17(3,23-15(20)26-16)10-6-9(4-5-11(10)19)21-13(24)12-7-25-14(18)22-12/h4-7H,8H2,1-3H3,(H2,20,23)(H,21,24)/t17-/m0/s1. The summed E-state index contributed by atoms with van der Waals surface area (Å²) in [5, 5.41) is 2.94. The van der Waals surface area contributed by atoms with Crippen LogP contribution in [0.15, 0.2) is 33.9 Å². The Balaban J connectivity index is 1.93. The Hall–Kier alpha value is -2.06. The summed E-state index contributed by atoms with van der Waals surface area (Å²) in [7, 11) is 0. The van der Waals surface area contributed by atoms with Crippen molar-refractivity contribution < 1.29 is 13.6 Å². The largest absolute Gasteiger partial charge is 0.435 e. The Morgan fingerprint density at radius 1 is 1.42 bits per heavy atom. The Labute approximate surface area is 159 Å². The topological polar surface area (TPSA) is 93.5 Å². The molecule has 138 valence electrons. The van der Waals surface area contributed by atoms with E-state index >= 15 is 0 Å². The molecule has 1 atom stereocenters. The molecular formula is C17H18ClFN4O2S. The highest BCUT2D eigenvalue weighted by molar-refractivity contribution is 8.15. The number of halogens is 2. The van der Waals surface area contributed by atoms with Crippen LogP contribution in [0.1, 0.15) is 43.2 Å². The van der Waals surface area contributed by atoms with E-state index in [1.807, 2.05) is 20.8 Å². The number of aromatic nitrogens is 1. The monoisotopic (exact) mass is 396 g/mol. The molecule has 26 heavy (non-hydrogen) atoms. The summed E-state index contributed by atoms with van der Waals surface area (Å²) in [5.74, 6) is -0.917. The molecule has 0 unspecified atom stereocenters. The number of thioether (sulfide) groups is 1. The Kier molecular flexibility index (Phi) is 4.74. The van der Waals surface area contributed by atoms with Crippen molar-refractivity contribution in [2.75, 3.05) is 5.32 Å². The lowest BCUT2D eigenvalue weighted by molar-refractivity contribution is 0.102. The van der Waals surface area contributed by atoms with Crippen LogP contribution in [0.2, 0.25) is 5.35 Å². The van der Waals surface area contributed by atoms with E-state index in [-0.39, 0.29) is 15.8 Å². The maximum Gasteiger partial charge on any atom is 0.292 e. The molecule has 2 heterocycles. The molecule has 6 nitrogen and oxygen atoms in total. The summed E-state index contributed by atoms with van der Waals surface area (Å²) in [5.41, 5.74) is 5.94. The molecule has 1 aliphatic heterocycles. The highest BCUT2D eigenvalue weighted by Crippen LogP contribution is 2.45. The Morgan fingerprint density at radius 3 is 2.77 bits per heavy atom. The normalized spacial score (nSPS) is 22.0. The summed E-state index contributed by atoms with van der Waals surface area (Å²) in [6.07, 6.45) is 1.74. The van der Waals surface area contributed by atoms with Gasteiger partial charge in [0.1, 0.15) is 12.1 Å². The molecule has 1 aromatic heterocycles. The molecule has 0 radical (unpaired) electrons. The minimum absolute atomic E-state index is 0.0320. The van der Waals surface area contributed by atoms with Gasteiger partial charge in [0.2, 0.25) is 0 Å². The van der Waals surface area contributed by atoms with Crippen LogP contribution in [0.25, 0.3) is 0 Å². The zero-order chi connectivity index (χ0) is 19.1. The van der Waals surface area contributed by atoms with E-state index in [2.05, 4.69) is 15.3 Å². The predicted molar refractivity (Wildman–Crippen MR) is 101 cm³/mol. The van der Waals surface area contributed by atoms with Crippen LogP contribution in [-0.2, 0) is 5.54 Å². The van der Waals surface area contributed by atoms with Gasteiger partial charge in [-0.25, -0.2) is 4.39 Å². The third-order valence-electron chi connectivity index (χ3n) is 4.02. The molecule has 0 spiro atoms. The van der Waals surface area contributed by atoms with Crippen molar-refractivity contribution in [3.8, 4) is 0 Å². The van der Waals surface area contributed by atoms with Crippen molar-refractivity contribution in [2.24, 2.45) is 10.7 Å². The number of rotatable bonds is 3. The molecule has 0 fully saturated rings. The van der Waals surface area contributed by atoms with Crippen molar-refractivity contribution >= 4 is 40.1 Å². The summed E-state index contributed by atoms with van der Waals surface area (Å²) < 4.78 is 19.2. The van der Waals surface area contributed by atoms with E-state index in [9.17, 15) is 9.18 Å². The average molecular weight is 397 g/mol. The van der Waals surface area contributed by atoms with Crippen molar-refractivity contribution in [3.63, 3.8) is 0 Å². The molecule has 1 aromatic carbocycles. The first-order valence-electron chi connectivity index (χ1n) is 7.85. The van der Waals surface area contributed by atoms with Crippen molar-refractivity contribution in [2.45, 2.75) is 37.5 Å². The fraction of sp³-hybridized carbons (Fsp3) is 0.353. The minimum atomic E-state index is -0.832. The molecule has 0 bridgehead atoms. The number of carbonyl (C=O) groups is 1. The maximum absolute atomic E-state index is 14.6. The van der Waals surface area contributed by atoms with Crippen molar-refractivity contribution in [1.29, 1.82) is 0 Å². The molecule has 1 amide bonds. The first-order valence-corrected chi connectivity index (χ1v) is 9.04. The highest BCUT2D eigenvalue weighted by Gasteiger charge is 2.40. The molecule has 0 saturated heterocycles. The third kappa shape index (κ3) is 3.86. The zero-order valence-electron chi connectivity index (χ0n) is 14.5. The second kappa shape index (κ2) is 6.59. The van der Waals surface area contributed by atoms with Crippen LogP contribution >= 0.6 is 23.4 Å². The van der Waals surface area contributed by atoms with Crippen LogP contribution < -0.4 is 11.1 Å². The number of nitrogens with zero attached hydrogens (tertiary/aromatic N) is 2. The van der Waals surface area contributed by atoms with Gasteiger partial charge in [0.05, 0.1) is 5.54 Å². The van der Waals surface area contributed by atoms with E-state index in [4.69, 9.17) is 21.8 Å². The van der Waals surface area contributed by atoms with Gasteiger partial charge < -0.3 is 15.5 Å². The fourth-order valence-corrected chi connectivity index (χ4v) is 4.48. The lowest BCUT2D eigenvalue weighted by Gasteiger charge is -2.39. The van der Waals surface area contributed by atoms with Crippen LogP contribution in [0, 0.1) is 5.82 Å². The minimum Gasteiger partial charge on any atom is -0.435 e. The van der Waals surface area contributed by atoms with Gasteiger partial charge in [-0.1, -0.05) is 25.6 Å². The van der Waals surface area contributed by atoms with E-state index in [0.717, 1.165) is 6.26 Å². The van der Waals surface area contributed by atoms with Gasteiger partial charge in [0, 0.05) is 16.0 Å². The summed E-state index contributed by atoms with van der Waals surface area (Å²) in [6.45, 7) is 5.91. The molecule has 2 aromatic rings. The fourth-order valence-electron chi connectivity index (χ4n) is 3.18. The Morgan fingerprint density at radius 2 is 2.15 bits per heavy atom. The van der Waals surface area contributed by atoms with Gasteiger partial charge >= 0.3 is 0 Å². The van der Waals surface area contributed by atoms with Gasteiger partial charge in [0.25, 0.3) is 11.3 Å². The zero-order valence-corrected chi connectivity index (χ0v) is 16.0. The first kappa shape index (κ1) is 18.7. The predicted octanol–water partition coefficient (Wildman–Crippen LogP) is 4.16. The number of nitrogens with one attached hydrogen (secondary N) is 1. The highest BCUT2D eigenvalue weighted by atomic mass is 35.5. The Bertz CT molecular complexity index is 899. The molecule has 3 rings (SSSR count). The molecular weight excluding hydrogens is 379 g/mol. The summed E-state index contributed by atoms with van der Waals surface area (Å²) in [6, 6.07) is 4.34. The molecule has 0 aliphatic carbocycles. The number of benzene rings is 1. The molecule has 0 saturated carbocycles. The van der Waals surface area contributed by atoms with Crippen LogP contribution in [-0.4, -0.2) is 20.8 Å². The number of aliphatic imine (C=N–C) groups is 1. The van der Waals surface area contributed by atoms with Crippen LogP contribution in [0.5, 0.6) is 0 Å². The number of hydrogen-bond acceptors (Lipinski definition) is 6. The lowest BCUT2D eigenvalue weighted by Crippen LogP contribution is -2.38. The van der Waals surface area contributed by atoms with Crippen LogP contribution in [0.3, 0.4) is 0 Å². The van der Waals surface area contributed by atoms with Crippen LogP contribution in [0.4, 0.5) is 10.1 Å². The number of oxazole rings is 1. The maximum atomic E-state index is 14.6. The molecule has 9 heteroatoms. The average Bonchev–Trinajstić information content (AvgIpc) is 2.93. The van der Waals surface area contributed by atoms with Crippen molar-refractivity contribution in [1.82, 2.24) is 4.98 Å². The second-order valence-electron chi connectivity index (χ2n) is 6.90. The van der Waals surface area contributed by atoms with Crippen molar-refractivity contribution in [3.05, 3.63) is 46.9 Å². The summed E-state index contributed by atoms with van der Waals surface area (Å²) in [4.78, 5) is 20.4. The molecule has 3 N–H and O–H groups in total. The number of nitrogens with two attached hydrogens (primary N) is 1. The van der Waals surface area contributed by atoms with Gasteiger partial charge in [-0.3, -0.25) is 9.79 Å². The first-order chi connectivity index (χ1) is 12.1. The number of amides is 1. The number of hydrogen-bond donors (Lipinski definition) is 2. The van der Waals surface area contributed by atoms with E-state index in [0.29, 0.717) is 22.8 Å². The summed E-state index contributed by atoms with van der Waals surface area (Å²) >= 11 is 7.04. The van der Waals surface area contributed by atoms with E-state index < -0.39 is 17.3 Å². The SMILES string of the molecule is CC1(C)C[C@@](C)(c2cc(NC(=O)c3coc(Cl)n3)ccc2F)N=C(N)S1. The quantitative estimate of drug-likeness (QED) is 0.812. The smallest absolute Gasteiger partial charge is 0.292 e. The van der Waals surface area contributed by atoms with Gasteiger partial charge in [0.15, 0.2) is 10.9 Å². The van der Waals surface area contributed by atoms with Gasteiger partial charge in [-0.2, -0.15) is 4.98 Å². The number of carbonyl (C=O) groups excluding carboxylic acids is 1. The van der Waals surface area contributed by atoms with E-state index in [1.165, 1.54) is 23.9 Å². The number of amidine groups is 1. The lowest BCUT2D eigenvalue weighted by atomic mass is 9.83. The number of anilines is 1.